The summed E-state index contributed by atoms with van der Waals surface area (Å²) in [7, 11) is 14.8. The Labute approximate surface area is 365 Å². The lowest BCUT2D eigenvalue weighted by molar-refractivity contribution is -0.111. The molecular formula is C34H45AlBr4Cl4O2S4. The Hall–Kier alpha value is 2.27. The molecule has 4 rings (SSSR count). The van der Waals surface area contributed by atoms with E-state index in [1.807, 2.05) is 0 Å². The molecule has 0 saturated heterocycles. The van der Waals surface area contributed by atoms with Crippen molar-refractivity contribution in [1.29, 1.82) is 0 Å². The van der Waals surface area contributed by atoms with Crippen LogP contribution < -0.4 is 0 Å². The maximum atomic E-state index is 12.4. The van der Waals surface area contributed by atoms with Gasteiger partial charge in [-0.15, -0.1) is 45.3 Å². The Kier molecular flexibility index (Phi) is 30.7. The van der Waals surface area contributed by atoms with Crippen molar-refractivity contribution in [2.45, 2.75) is 129 Å². The van der Waals surface area contributed by atoms with Crippen LogP contribution in [0.5, 0.6) is 0 Å². The topological polar surface area (TPSA) is 34.1 Å². The molecule has 49 heavy (non-hydrogen) atoms. The smallest absolute Gasteiger partial charge is 0.293 e. The third-order valence-electron chi connectivity index (χ3n) is 7.24. The Morgan fingerprint density at radius 2 is 0.918 bits per heavy atom. The van der Waals surface area contributed by atoms with Crippen molar-refractivity contribution in [2.75, 3.05) is 0 Å². The molecule has 4 aromatic rings. The number of hydrogen-bond acceptors (Lipinski definition) is 6. The molecule has 0 bridgehead atoms. The van der Waals surface area contributed by atoms with Crippen molar-refractivity contribution in [3.8, 4) is 0 Å². The van der Waals surface area contributed by atoms with Crippen LogP contribution in [0.15, 0.2) is 34.0 Å². The zero-order valence-corrected chi connectivity index (χ0v) is 41.8. The van der Waals surface area contributed by atoms with E-state index < -0.39 is 11.4 Å². The van der Waals surface area contributed by atoms with Crippen molar-refractivity contribution in [1.82, 2.24) is 0 Å². The van der Waals surface area contributed by atoms with Crippen LogP contribution in [0.4, 0.5) is 0 Å². The summed E-state index contributed by atoms with van der Waals surface area (Å²) in [6, 6.07) is 0. The van der Waals surface area contributed by atoms with Gasteiger partial charge in [-0.3, -0.25) is 9.59 Å². The van der Waals surface area contributed by atoms with Crippen LogP contribution in [0.2, 0.25) is 0 Å². The Morgan fingerprint density at radius 1 is 0.571 bits per heavy atom. The monoisotopic (exact) mass is 1100 g/mol. The van der Waals surface area contributed by atoms with Crippen molar-refractivity contribution >= 4 is 192 Å². The molecule has 4 aromatic heterocycles. The normalized spacial score (nSPS) is 10.7. The number of halogens is 8. The number of carbonyl (C=O) groups is 2. The lowest BCUT2D eigenvalue weighted by Gasteiger charge is -2.01. The summed E-state index contributed by atoms with van der Waals surface area (Å²) < 4.78 is 9.59. The minimum absolute atomic E-state index is 0.189. The van der Waals surface area contributed by atoms with Crippen molar-refractivity contribution in [3.63, 3.8) is 0 Å². The van der Waals surface area contributed by atoms with Gasteiger partial charge in [0.2, 0.25) is 5.24 Å². The Balaban J connectivity index is 0.000000376. The molecule has 0 amide bonds. The molecule has 0 radical (unpaired) electrons. The first-order valence-electron chi connectivity index (χ1n) is 16.7. The third-order valence-corrected chi connectivity index (χ3v) is 16.9. The fourth-order valence-corrected chi connectivity index (χ4v) is 12.6. The number of thiophene rings is 4. The predicted molar refractivity (Wildman–Crippen MR) is 243 cm³/mol. The molecule has 0 spiro atoms. The maximum Gasteiger partial charge on any atom is 0.643 e. The molecule has 0 aliphatic carbocycles. The van der Waals surface area contributed by atoms with E-state index in [2.05, 4.69) is 93.7 Å². The van der Waals surface area contributed by atoms with E-state index in [4.69, 9.17) is 41.7 Å². The van der Waals surface area contributed by atoms with Crippen LogP contribution in [0.3, 0.4) is 0 Å². The summed E-state index contributed by atoms with van der Waals surface area (Å²) in [6.45, 7) is 4.48. The van der Waals surface area contributed by atoms with Crippen LogP contribution in [0.1, 0.15) is 139 Å². The van der Waals surface area contributed by atoms with Crippen LogP contribution in [0, 0.1) is 0 Å². The highest BCUT2D eigenvalue weighted by atomic mass is 79.9. The molecule has 4 heterocycles. The molecule has 276 valence electrons. The van der Waals surface area contributed by atoms with E-state index >= 15 is 0 Å². The summed E-state index contributed by atoms with van der Waals surface area (Å²) in [4.78, 5) is 23.7. The zero-order valence-electron chi connectivity index (χ0n) is 28.0. The van der Waals surface area contributed by atoms with Gasteiger partial charge in [-0.1, -0.05) is 104 Å². The van der Waals surface area contributed by atoms with E-state index in [-0.39, 0.29) is 11.0 Å². The molecule has 0 saturated carbocycles. The molecule has 0 aromatic carbocycles. The number of Topliss-reactive ketones (excluding diaryl/α,β-unsaturated/α-hetero) is 1. The summed E-state index contributed by atoms with van der Waals surface area (Å²) >= 11 is 24.4. The average Bonchev–Trinajstić information content (AvgIpc) is 3.81. The third kappa shape index (κ3) is 21.8. The van der Waals surface area contributed by atoms with Crippen LogP contribution in [0.25, 0.3) is 18.8 Å². The summed E-state index contributed by atoms with van der Waals surface area (Å²) in [5.74, 6) is 0.290. The van der Waals surface area contributed by atoms with Gasteiger partial charge in [-0.25, -0.2) is 30.1 Å². The summed E-state index contributed by atoms with van der Waals surface area (Å²) in [6.07, 6.45) is 21.5. The Bertz CT molecular complexity index is 1440. The van der Waals surface area contributed by atoms with Crippen LogP contribution >= 0.6 is 151 Å². The fraction of sp³-hybridized carbons (Fsp3) is 0.588. The minimum atomic E-state index is -1.72. The highest BCUT2D eigenvalue weighted by Gasteiger charge is 2.19. The molecule has 0 aliphatic rings. The van der Waals surface area contributed by atoms with Gasteiger partial charge in [0.25, 0.3) is 0 Å². The first-order valence-corrected chi connectivity index (χ1v) is 29.0. The van der Waals surface area contributed by atoms with E-state index in [1.54, 1.807) is 45.3 Å². The fourth-order valence-electron chi connectivity index (χ4n) is 4.70. The van der Waals surface area contributed by atoms with Crippen LogP contribution in [-0.2, 0) is 4.79 Å². The van der Waals surface area contributed by atoms with Gasteiger partial charge < -0.3 is 0 Å². The zero-order chi connectivity index (χ0) is 36.6. The number of hydrogen-bond donors (Lipinski definition) is 0. The van der Waals surface area contributed by atoms with Gasteiger partial charge in [0, 0.05) is 42.4 Å². The molecule has 0 unspecified atom stereocenters. The molecular weight excluding hydrogens is 1060 g/mol. The van der Waals surface area contributed by atoms with E-state index in [0.29, 0.717) is 12.8 Å². The molecule has 0 aliphatic heterocycles. The first-order chi connectivity index (χ1) is 23.4. The lowest BCUT2D eigenvalue weighted by Crippen LogP contribution is -1.96. The summed E-state index contributed by atoms with van der Waals surface area (Å²) in [5, 5.41) is 6.13. The maximum absolute atomic E-state index is 12.4. The van der Waals surface area contributed by atoms with Crippen molar-refractivity contribution in [2.24, 2.45) is 0 Å². The predicted octanol–water partition coefficient (Wildman–Crippen LogP) is 18.7. The van der Waals surface area contributed by atoms with E-state index in [1.165, 1.54) is 111 Å². The number of fused-ring (bicyclic) bond motifs is 2. The van der Waals surface area contributed by atoms with Crippen molar-refractivity contribution < 1.29 is 9.59 Å². The second-order valence-electron chi connectivity index (χ2n) is 11.3. The van der Waals surface area contributed by atoms with Gasteiger partial charge in [0.15, 0.2) is 5.78 Å². The Morgan fingerprint density at radius 3 is 1.31 bits per heavy atom. The largest absolute Gasteiger partial charge is 0.643 e. The first kappa shape index (κ1) is 49.3. The van der Waals surface area contributed by atoms with Crippen LogP contribution in [-0.4, -0.2) is 22.4 Å². The average molecular weight is 1100 g/mol. The molecule has 0 N–H and O–H groups in total. The molecule has 0 fully saturated rings. The molecule has 15 heteroatoms. The van der Waals surface area contributed by atoms with Gasteiger partial charge in [0.1, 0.15) is 0 Å². The van der Waals surface area contributed by atoms with Crippen molar-refractivity contribution in [3.05, 3.63) is 38.9 Å². The standard InChI is InChI=1S/C17H22Br2OS2.C11H21ClO.C6H2Br2S2.Al.3ClH/c1-2-3-4-5-6-7-8-9-10-13(20)16-14(19)17-15(22-16)12(18)11-21-17;1-2-3-4-5-6-7-8-9-10-11(12)13;7-3-1-9-6-4(8)2-10-5(3)6;;;;/h11H,2-10H2,1H3;2-10H2,1H3;1-2H;;3*1H/q;;;+3;;;/p-3. The molecule has 2 nitrogen and oxygen atoms in total. The number of unbranched alkanes of at least 4 members (excludes halogenated alkanes) is 14. The number of carbonyl (C=O) groups excluding carboxylic acids is 2. The van der Waals surface area contributed by atoms with Gasteiger partial charge in [-0.2, -0.15) is 0 Å². The SMILES string of the molecule is Brc1csc2c(Br)csc12.CCCCCCCCCCC(=O)Cl.CCCCCCCCCCC(=O)c1sc2c(Br)csc2c1Br.[Cl][Al]([Cl])[Cl]. The number of ketones is 1. The number of rotatable bonds is 19. The van der Waals surface area contributed by atoms with E-state index in [0.717, 1.165) is 33.1 Å². The molecule has 0 atom stereocenters. The second-order valence-corrected chi connectivity index (χ2v) is 25.2. The van der Waals surface area contributed by atoms with Gasteiger partial charge in [0.05, 0.1) is 28.1 Å². The summed E-state index contributed by atoms with van der Waals surface area (Å²) in [5.41, 5.74) is 0. The van der Waals surface area contributed by atoms with Gasteiger partial charge >= 0.3 is 11.4 Å². The van der Waals surface area contributed by atoms with Gasteiger partial charge in [-0.05, 0) is 88.2 Å². The van der Waals surface area contributed by atoms with E-state index in [9.17, 15) is 9.59 Å². The highest BCUT2D eigenvalue weighted by molar-refractivity contribution is 9.11. The lowest BCUT2D eigenvalue weighted by atomic mass is 10.1. The highest BCUT2D eigenvalue weighted by Crippen LogP contribution is 2.44. The quantitative estimate of drug-likeness (QED) is 0.0406. The second kappa shape index (κ2) is 30.5. The minimum Gasteiger partial charge on any atom is -0.293 e.